The van der Waals surface area contributed by atoms with Gasteiger partial charge in [-0.3, -0.25) is 14.6 Å². The van der Waals surface area contributed by atoms with E-state index in [0.29, 0.717) is 30.9 Å². The first-order valence-electron chi connectivity index (χ1n) is 9.02. The largest absolute Gasteiger partial charge is 0.335 e. The molecule has 0 N–H and O–H groups in total. The van der Waals surface area contributed by atoms with Crippen molar-refractivity contribution in [2.24, 2.45) is 5.92 Å². The molecular formula is C19H21N5O2S. The first kappa shape index (κ1) is 17.9. The Morgan fingerprint density at radius 3 is 2.74 bits per heavy atom. The Balaban J connectivity index is 1.56. The number of carbonyl (C=O) groups is 2. The minimum atomic E-state index is -0.111. The van der Waals surface area contributed by atoms with Crippen LogP contribution < -0.4 is 0 Å². The standard InChI is InChI=1S/C19H21N5O2S/c1-27-17-15(3-2-6-22-17)18(25)24-11-13-4-5-14(24)12-23(10-13)19(26)16-9-20-7-8-21-16/h2-3,6-9,13-14H,4-5,10-12H2,1H3/t13-,14+/m0/s1. The van der Waals surface area contributed by atoms with Crippen LogP contribution in [-0.4, -0.2) is 68.5 Å². The molecule has 0 spiro atoms. The summed E-state index contributed by atoms with van der Waals surface area (Å²) in [6, 6.07) is 3.65. The molecular weight excluding hydrogens is 362 g/mol. The van der Waals surface area contributed by atoms with E-state index in [2.05, 4.69) is 15.0 Å². The van der Waals surface area contributed by atoms with Crippen molar-refractivity contribution in [3.63, 3.8) is 0 Å². The number of amides is 2. The summed E-state index contributed by atoms with van der Waals surface area (Å²) in [4.78, 5) is 42.3. The highest BCUT2D eigenvalue weighted by atomic mass is 32.2. The molecule has 27 heavy (non-hydrogen) atoms. The summed E-state index contributed by atoms with van der Waals surface area (Å²) in [5.41, 5.74) is 0.998. The van der Waals surface area contributed by atoms with Crippen molar-refractivity contribution in [3.05, 3.63) is 48.2 Å². The molecule has 2 bridgehead atoms. The van der Waals surface area contributed by atoms with Crippen molar-refractivity contribution >= 4 is 23.6 Å². The molecule has 5 rings (SSSR count). The Kier molecular flexibility index (Phi) is 5.07. The lowest BCUT2D eigenvalue weighted by Crippen LogP contribution is -2.47. The van der Waals surface area contributed by atoms with Crippen LogP contribution in [0, 0.1) is 5.92 Å². The number of piperidine rings is 1. The van der Waals surface area contributed by atoms with E-state index >= 15 is 0 Å². The summed E-state index contributed by atoms with van der Waals surface area (Å²) in [6.45, 7) is 1.86. The molecule has 0 unspecified atom stereocenters. The summed E-state index contributed by atoms with van der Waals surface area (Å²) < 4.78 is 0. The number of rotatable bonds is 3. The lowest BCUT2D eigenvalue weighted by Gasteiger charge is -2.36. The molecule has 2 amide bonds. The van der Waals surface area contributed by atoms with Gasteiger partial charge in [-0.1, -0.05) is 0 Å². The van der Waals surface area contributed by atoms with Crippen molar-refractivity contribution in [2.45, 2.75) is 23.9 Å². The minimum absolute atomic E-state index is 0.0101. The summed E-state index contributed by atoms with van der Waals surface area (Å²) in [7, 11) is 0. The van der Waals surface area contributed by atoms with Gasteiger partial charge in [0.25, 0.3) is 11.8 Å². The molecule has 0 saturated carbocycles. The van der Waals surface area contributed by atoms with E-state index in [9.17, 15) is 9.59 Å². The van der Waals surface area contributed by atoms with Gasteiger partial charge >= 0.3 is 0 Å². The molecule has 7 nitrogen and oxygen atoms in total. The van der Waals surface area contributed by atoms with Gasteiger partial charge in [-0.2, -0.15) is 0 Å². The van der Waals surface area contributed by atoms with Crippen LogP contribution in [0.25, 0.3) is 0 Å². The molecule has 3 saturated heterocycles. The highest BCUT2D eigenvalue weighted by Gasteiger charge is 2.39. The van der Waals surface area contributed by atoms with Crippen molar-refractivity contribution < 1.29 is 9.59 Å². The summed E-state index contributed by atoms with van der Waals surface area (Å²) in [5.74, 6) is 0.180. The quantitative estimate of drug-likeness (QED) is 0.754. The number of aromatic nitrogens is 3. The van der Waals surface area contributed by atoms with Crippen LogP contribution in [0.1, 0.15) is 33.7 Å². The zero-order valence-corrected chi connectivity index (χ0v) is 15.9. The van der Waals surface area contributed by atoms with Crippen molar-refractivity contribution in [1.29, 1.82) is 0 Å². The number of nitrogens with zero attached hydrogens (tertiary/aromatic N) is 5. The SMILES string of the molecule is CSc1ncccc1C(=O)N1C[C@H]2CC[C@@H]1CN(C(=O)c1cnccn1)C2. The third-order valence-corrected chi connectivity index (χ3v) is 5.95. The van der Waals surface area contributed by atoms with E-state index in [1.807, 2.05) is 22.1 Å². The molecule has 0 aromatic carbocycles. The van der Waals surface area contributed by atoms with Gasteiger partial charge in [0, 0.05) is 44.3 Å². The molecule has 5 heterocycles. The summed E-state index contributed by atoms with van der Waals surface area (Å²) in [6.07, 6.45) is 10.2. The lowest BCUT2D eigenvalue weighted by molar-refractivity contribution is 0.0570. The van der Waals surface area contributed by atoms with Crippen LogP contribution in [0.5, 0.6) is 0 Å². The Morgan fingerprint density at radius 2 is 1.96 bits per heavy atom. The van der Waals surface area contributed by atoms with Gasteiger partial charge in [0.2, 0.25) is 0 Å². The third-order valence-electron chi connectivity index (χ3n) is 5.24. The zero-order chi connectivity index (χ0) is 18.8. The van der Waals surface area contributed by atoms with Gasteiger partial charge in [-0.05, 0) is 37.1 Å². The van der Waals surface area contributed by atoms with E-state index in [4.69, 9.17) is 0 Å². The maximum Gasteiger partial charge on any atom is 0.274 e. The predicted molar refractivity (Wildman–Crippen MR) is 102 cm³/mol. The topological polar surface area (TPSA) is 79.3 Å². The van der Waals surface area contributed by atoms with E-state index in [-0.39, 0.29) is 23.8 Å². The van der Waals surface area contributed by atoms with Crippen molar-refractivity contribution in [3.8, 4) is 0 Å². The van der Waals surface area contributed by atoms with Crippen LogP contribution in [0.2, 0.25) is 0 Å². The fourth-order valence-corrected chi connectivity index (χ4v) is 4.48. The first-order chi connectivity index (χ1) is 13.2. The lowest BCUT2D eigenvalue weighted by atomic mass is 9.94. The molecule has 3 fully saturated rings. The van der Waals surface area contributed by atoms with Gasteiger partial charge in [0.15, 0.2) is 0 Å². The molecule has 0 radical (unpaired) electrons. The third kappa shape index (κ3) is 3.53. The second kappa shape index (κ2) is 7.64. The zero-order valence-electron chi connectivity index (χ0n) is 15.1. The maximum absolute atomic E-state index is 13.2. The molecule has 8 heteroatoms. The molecule has 2 aromatic heterocycles. The van der Waals surface area contributed by atoms with Crippen molar-refractivity contribution in [2.75, 3.05) is 25.9 Å². The average molecular weight is 383 g/mol. The maximum atomic E-state index is 13.2. The van der Waals surface area contributed by atoms with E-state index in [1.165, 1.54) is 24.2 Å². The molecule has 2 atom stereocenters. The Labute approximate surface area is 162 Å². The van der Waals surface area contributed by atoms with Gasteiger partial charge < -0.3 is 9.80 Å². The van der Waals surface area contributed by atoms with E-state index < -0.39 is 0 Å². The molecule has 3 aliphatic heterocycles. The van der Waals surface area contributed by atoms with Gasteiger partial charge in [0.05, 0.1) is 11.8 Å². The first-order valence-corrected chi connectivity index (χ1v) is 10.2. The van der Waals surface area contributed by atoms with Crippen molar-refractivity contribution in [1.82, 2.24) is 24.8 Å². The van der Waals surface area contributed by atoms with Gasteiger partial charge in [-0.15, -0.1) is 11.8 Å². The fourth-order valence-electron chi connectivity index (χ4n) is 3.94. The highest BCUT2D eigenvalue weighted by molar-refractivity contribution is 7.98. The van der Waals surface area contributed by atoms with E-state index in [0.717, 1.165) is 17.9 Å². The number of carbonyl (C=O) groups excluding carboxylic acids is 2. The number of pyridine rings is 1. The summed E-state index contributed by atoms with van der Waals surface area (Å²) >= 11 is 1.48. The average Bonchev–Trinajstić information content (AvgIpc) is 3.05. The molecule has 3 aliphatic rings. The van der Waals surface area contributed by atoms with Crippen LogP contribution in [-0.2, 0) is 0 Å². The van der Waals surface area contributed by atoms with Crippen LogP contribution >= 0.6 is 11.8 Å². The normalized spacial score (nSPS) is 21.8. The van der Waals surface area contributed by atoms with Gasteiger partial charge in [-0.25, -0.2) is 9.97 Å². The number of hydrogen-bond donors (Lipinski definition) is 0. The molecule has 2 aromatic rings. The Hall–Kier alpha value is -2.48. The minimum Gasteiger partial charge on any atom is -0.335 e. The molecule has 140 valence electrons. The number of fused-ring (bicyclic) bond motifs is 4. The van der Waals surface area contributed by atoms with Crippen LogP contribution in [0.4, 0.5) is 0 Å². The van der Waals surface area contributed by atoms with Gasteiger partial charge in [0.1, 0.15) is 10.7 Å². The second-order valence-electron chi connectivity index (χ2n) is 6.92. The Bertz CT molecular complexity index is 847. The summed E-state index contributed by atoms with van der Waals surface area (Å²) in [5, 5.41) is 0.745. The smallest absolute Gasteiger partial charge is 0.274 e. The Morgan fingerprint density at radius 1 is 1.07 bits per heavy atom. The second-order valence-corrected chi connectivity index (χ2v) is 7.71. The number of thioether (sulfide) groups is 1. The highest BCUT2D eigenvalue weighted by Crippen LogP contribution is 2.31. The predicted octanol–water partition coefficient (Wildman–Crippen LogP) is 1.97. The monoisotopic (exact) mass is 383 g/mol. The van der Waals surface area contributed by atoms with Crippen LogP contribution in [0.15, 0.2) is 41.9 Å². The fraction of sp³-hybridized carbons (Fsp3) is 0.421. The number of hydrogen-bond acceptors (Lipinski definition) is 6. The molecule has 0 aliphatic carbocycles. The van der Waals surface area contributed by atoms with Crippen LogP contribution in [0.3, 0.4) is 0 Å². The van der Waals surface area contributed by atoms with E-state index in [1.54, 1.807) is 18.5 Å².